The highest BCUT2D eigenvalue weighted by atomic mass is 16.3. The van der Waals surface area contributed by atoms with E-state index in [1.807, 2.05) is 19.1 Å². The number of aliphatic imine (C=N–C) groups is 1. The van der Waals surface area contributed by atoms with Crippen LogP contribution in [0.2, 0.25) is 0 Å². The highest BCUT2D eigenvalue weighted by Gasteiger charge is 2.10. The molecule has 106 valence electrons. The molecular weight excluding hydrogens is 240 g/mol. The van der Waals surface area contributed by atoms with Crippen LogP contribution in [-0.4, -0.2) is 31.1 Å². The van der Waals surface area contributed by atoms with Gasteiger partial charge in [0.2, 0.25) is 0 Å². The van der Waals surface area contributed by atoms with Crippen molar-refractivity contribution >= 4 is 11.5 Å². The summed E-state index contributed by atoms with van der Waals surface area (Å²) in [4.78, 5) is 16.4. The first kappa shape index (κ1) is 15.6. The van der Waals surface area contributed by atoms with Crippen molar-refractivity contribution in [1.29, 1.82) is 0 Å². The summed E-state index contributed by atoms with van der Waals surface area (Å²) in [7, 11) is 0. The van der Waals surface area contributed by atoms with Crippen LogP contribution >= 0.6 is 0 Å². The molecule has 1 rings (SSSR count). The summed E-state index contributed by atoms with van der Waals surface area (Å²) in [5.74, 6) is 0.998. The molecule has 0 aliphatic heterocycles. The number of aryl methyl sites for hydroxylation is 1. The van der Waals surface area contributed by atoms with Gasteiger partial charge >= 0.3 is 0 Å². The molecule has 0 fully saturated rings. The molecule has 1 N–H and O–H groups in total. The predicted molar refractivity (Wildman–Crippen MR) is 77.8 cm³/mol. The maximum atomic E-state index is 12.0. The predicted octanol–water partition coefficient (Wildman–Crippen LogP) is 2.63. The van der Waals surface area contributed by atoms with Crippen LogP contribution in [0.4, 0.5) is 0 Å². The average molecular weight is 264 g/mol. The first-order chi connectivity index (χ1) is 9.27. The van der Waals surface area contributed by atoms with Gasteiger partial charge in [-0.15, -0.1) is 0 Å². The summed E-state index contributed by atoms with van der Waals surface area (Å²) in [6.45, 7) is 6.72. The summed E-state index contributed by atoms with van der Waals surface area (Å²) < 4.78 is 5.22. The highest BCUT2D eigenvalue weighted by Crippen LogP contribution is 2.05. The van der Waals surface area contributed by atoms with Crippen molar-refractivity contribution in [2.75, 3.05) is 19.6 Å². The molecule has 0 atom stereocenters. The molecule has 0 radical (unpaired) electrons. The van der Waals surface area contributed by atoms with Crippen LogP contribution in [0.5, 0.6) is 0 Å². The molecule has 1 aromatic heterocycles. The van der Waals surface area contributed by atoms with E-state index in [4.69, 9.17) is 4.42 Å². The van der Waals surface area contributed by atoms with E-state index in [1.54, 1.807) is 6.26 Å². The van der Waals surface area contributed by atoms with Crippen molar-refractivity contribution in [3.05, 3.63) is 24.2 Å². The zero-order chi connectivity index (χ0) is 13.9. The van der Waals surface area contributed by atoms with Crippen LogP contribution in [0.15, 0.2) is 27.8 Å². The molecule has 0 aromatic carbocycles. The second-order valence-corrected chi connectivity index (χ2v) is 4.39. The monoisotopic (exact) mass is 264 g/mol. The van der Waals surface area contributed by atoms with Crippen LogP contribution in [0.3, 0.4) is 0 Å². The quantitative estimate of drug-likeness (QED) is 0.522. The smallest absolute Gasteiger partial charge is 0.177 e. The van der Waals surface area contributed by atoms with Gasteiger partial charge in [-0.05, 0) is 38.1 Å². The molecule has 0 saturated carbocycles. The Morgan fingerprint density at radius 1 is 1.42 bits per heavy atom. The second-order valence-electron chi connectivity index (χ2n) is 4.39. The number of nitrogens with one attached hydrogen (secondary N) is 1. The number of carbonyl (C=O) groups excluding carboxylic acids is 1. The van der Waals surface area contributed by atoms with Crippen molar-refractivity contribution in [3.63, 3.8) is 0 Å². The van der Waals surface area contributed by atoms with Gasteiger partial charge in [0.25, 0.3) is 0 Å². The van der Waals surface area contributed by atoms with Crippen LogP contribution in [-0.2, 0) is 11.2 Å². The number of hydrogen-bond donors (Lipinski definition) is 1. The summed E-state index contributed by atoms with van der Waals surface area (Å²) in [5, 5.41) is 3.25. The van der Waals surface area contributed by atoms with Crippen LogP contribution in [0.1, 0.15) is 38.9 Å². The lowest BCUT2D eigenvalue weighted by molar-refractivity contribution is -0.113. The number of hydrogen-bond acceptors (Lipinski definition) is 4. The standard InChI is InChI=1S/C15H24N2O2/c1-3-14(17-11-6-10-16-4-2)15(18)9-8-13-7-5-12-19-13/h5,7,12,16H,3-4,6,8-11H2,1-2H3. The minimum atomic E-state index is 0.141. The molecule has 1 heterocycles. The van der Waals surface area contributed by atoms with Gasteiger partial charge in [-0.3, -0.25) is 9.79 Å². The van der Waals surface area contributed by atoms with Crippen LogP contribution in [0, 0.1) is 0 Å². The Hall–Kier alpha value is -1.42. The fourth-order valence-corrected chi connectivity index (χ4v) is 1.83. The fraction of sp³-hybridized carbons (Fsp3) is 0.600. The van der Waals surface area contributed by atoms with Crippen molar-refractivity contribution in [2.45, 2.75) is 39.5 Å². The number of ketones is 1. The van der Waals surface area contributed by atoms with E-state index in [9.17, 15) is 4.79 Å². The van der Waals surface area contributed by atoms with Gasteiger partial charge in [0.05, 0.1) is 12.0 Å². The van der Waals surface area contributed by atoms with Gasteiger partial charge in [0.1, 0.15) is 5.76 Å². The first-order valence-electron chi connectivity index (χ1n) is 7.07. The van der Waals surface area contributed by atoms with Crippen molar-refractivity contribution < 1.29 is 9.21 Å². The van der Waals surface area contributed by atoms with E-state index in [0.717, 1.165) is 31.8 Å². The SMILES string of the molecule is CCNCCCN=C(CC)C(=O)CCc1ccco1. The van der Waals surface area contributed by atoms with E-state index >= 15 is 0 Å². The molecule has 4 heteroatoms. The van der Waals surface area contributed by atoms with Gasteiger partial charge in [0.15, 0.2) is 5.78 Å². The lowest BCUT2D eigenvalue weighted by atomic mass is 10.1. The van der Waals surface area contributed by atoms with Gasteiger partial charge in [-0.1, -0.05) is 13.8 Å². The number of furan rings is 1. The number of Topliss-reactive ketones (excluding diaryl/α,β-unsaturated/α-hetero) is 1. The maximum Gasteiger partial charge on any atom is 0.177 e. The molecule has 0 saturated heterocycles. The minimum absolute atomic E-state index is 0.141. The van der Waals surface area contributed by atoms with Gasteiger partial charge < -0.3 is 9.73 Å². The van der Waals surface area contributed by atoms with E-state index in [0.29, 0.717) is 25.0 Å². The minimum Gasteiger partial charge on any atom is -0.469 e. The third-order valence-electron chi connectivity index (χ3n) is 2.90. The van der Waals surface area contributed by atoms with Crippen LogP contribution in [0.25, 0.3) is 0 Å². The largest absolute Gasteiger partial charge is 0.469 e. The lowest BCUT2D eigenvalue weighted by Crippen LogP contribution is -2.17. The third kappa shape index (κ3) is 6.34. The average Bonchev–Trinajstić information content (AvgIpc) is 2.93. The molecule has 0 amide bonds. The van der Waals surface area contributed by atoms with Gasteiger partial charge in [0, 0.05) is 19.4 Å². The van der Waals surface area contributed by atoms with Crippen molar-refractivity contribution in [2.24, 2.45) is 4.99 Å². The number of carbonyl (C=O) groups is 1. The molecule has 0 spiro atoms. The van der Waals surface area contributed by atoms with Gasteiger partial charge in [-0.25, -0.2) is 0 Å². The van der Waals surface area contributed by atoms with Gasteiger partial charge in [-0.2, -0.15) is 0 Å². The summed E-state index contributed by atoms with van der Waals surface area (Å²) in [6, 6.07) is 3.74. The number of rotatable bonds is 10. The third-order valence-corrected chi connectivity index (χ3v) is 2.90. The molecule has 0 unspecified atom stereocenters. The Morgan fingerprint density at radius 3 is 2.89 bits per heavy atom. The summed E-state index contributed by atoms with van der Waals surface area (Å²) >= 11 is 0. The molecule has 0 aliphatic rings. The summed E-state index contributed by atoms with van der Waals surface area (Å²) in [6.07, 6.45) is 4.45. The topological polar surface area (TPSA) is 54.6 Å². The van der Waals surface area contributed by atoms with Crippen molar-refractivity contribution in [1.82, 2.24) is 5.32 Å². The highest BCUT2D eigenvalue weighted by molar-refractivity contribution is 6.39. The van der Waals surface area contributed by atoms with Crippen molar-refractivity contribution in [3.8, 4) is 0 Å². The molecule has 0 aliphatic carbocycles. The Balaban J connectivity index is 2.31. The Labute approximate surface area is 115 Å². The lowest BCUT2D eigenvalue weighted by Gasteiger charge is -2.03. The summed E-state index contributed by atoms with van der Waals surface area (Å²) in [5.41, 5.74) is 0.711. The number of nitrogens with zero attached hydrogens (tertiary/aromatic N) is 1. The fourth-order valence-electron chi connectivity index (χ4n) is 1.83. The first-order valence-corrected chi connectivity index (χ1v) is 7.07. The molecule has 19 heavy (non-hydrogen) atoms. The zero-order valence-corrected chi connectivity index (χ0v) is 11.9. The van der Waals surface area contributed by atoms with E-state index in [-0.39, 0.29) is 5.78 Å². The Bertz CT molecular complexity index is 383. The second kappa shape index (κ2) is 9.50. The molecule has 0 bridgehead atoms. The van der Waals surface area contributed by atoms with Crippen LogP contribution < -0.4 is 5.32 Å². The van der Waals surface area contributed by atoms with E-state index < -0.39 is 0 Å². The molecule has 1 aromatic rings. The Morgan fingerprint density at radius 2 is 2.26 bits per heavy atom. The maximum absolute atomic E-state index is 12.0. The normalized spacial score (nSPS) is 11.8. The zero-order valence-electron chi connectivity index (χ0n) is 11.9. The van der Waals surface area contributed by atoms with E-state index in [2.05, 4.69) is 17.2 Å². The Kier molecular flexibility index (Phi) is 7.82. The molecule has 4 nitrogen and oxygen atoms in total. The molecular formula is C15H24N2O2. The van der Waals surface area contributed by atoms with E-state index in [1.165, 1.54) is 0 Å².